The molecule has 0 saturated carbocycles. The number of methoxy groups -OCH3 is 1. The third-order valence-electron chi connectivity index (χ3n) is 4.71. The second-order valence-corrected chi connectivity index (χ2v) is 6.66. The zero-order valence-electron chi connectivity index (χ0n) is 16.9. The number of aromatic nitrogens is 2. The minimum atomic E-state index is -0.421. The fourth-order valence-corrected chi connectivity index (χ4v) is 3.12. The molecule has 29 heavy (non-hydrogen) atoms. The van der Waals surface area contributed by atoms with Crippen molar-refractivity contribution in [2.24, 2.45) is 7.05 Å². The fraction of sp³-hybridized carbons (Fsp3) is 0.217. The van der Waals surface area contributed by atoms with Gasteiger partial charge in [-0.15, -0.1) is 0 Å². The zero-order chi connectivity index (χ0) is 21.0. The number of aryl methyl sites for hydroxylation is 2. The summed E-state index contributed by atoms with van der Waals surface area (Å²) in [6.45, 7) is 3.83. The quantitative estimate of drug-likeness (QED) is 0.432. The molecule has 0 unspecified atom stereocenters. The van der Waals surface area contributed by atoms with E-state index >= 15 is 0 Å². The average Bonchev–Trinajstić information content (AvgIpc) is 2.97. The second kappa shape index (κ2) is 8.73. The number of hydrogen-bond acceptors (Lipinski definition) is 4. The first-order valence-corrected chi connectivity index (χ1v) is 9.17. The summed E-state index contributed by atoms with van der Waals surface area (Å²) in [7, 11) is 3.38. The molecule has 0 atom stereocenters. The van der Waals surface area contributed by atoms with Crippen LogP contribution in [0.1, 0.15) is 32.9 Å². The van der Waals surface area contributed by atoms with Crippen LogP contribution in [0.15, 0.2) is 48.5 Å². The summed E-state index contributed by atoms with van der Waals surface area (Å²) in [4.78, 5) is 12.6. The minimum Gasteiger partial charge on any atom is -0.496 e. The topological polar surface area (TPSA) is 53.3 Å². The molecule has 0 bridgehead atoms. The molecule has 150 valence electrons. The van der Waals surface area contributed by atoms with Crippen LogP contribution in [0.5, 0.6) is 11.5 Å². The van der Waals surface area contributed by atoms with Crippen molar-refractivity contribution in [1.29, 1.82) is 0 Å². The summed E-state index contributed by atoms with van der Waals surface area (Å²) in [5.74, 6) is 0.278. The van der Waals surface area contributed by atoms with Gasteiger partial charge in [0, 0.05) is 18.3 Å². The number of carbonyl (C=O) groups is 1. The molecule has 0 aliphatic rings. The number of para-hydroxylation sites is 1. The van der Waals surface area contributed by atoms with Gasteiger partial charge in [0.25, 0.3) is 0 Å². The van der Waals surface area contributed by atoms with E-state index in [1.165, 1.54) is 12.1 Å². The molecule has 0 N–H and O–H groups in total. The van der Waals surface area contributed by atoms with E-state index in [1.807, 2.05) is 33.0 Å². The van der Waals surface area contributed by atoms with Crippen LogP contribution in [0.4, 0.5) is 4.39 Å². The van der Waals surface area contributed by atoms with E-state index in [4.69, 9.17) is 9.47 Å². The molecule has 3 rings (SSSR count). The van der Waals surface area contributed by atoms with Crippen LogP contribution >= 0.6 is 0 Å². The third-order valence-corrected chi connectivity index (χ3v) is 4.71. The molecule has 0 aliphatic heterocycles. The number of ketones is 1. The van der Waals surface area contributed by atoms with Crippen molar-refractivity contribution in [3.05, 3.63) is 82.4 Å². The first-order chi connectivity index (χ1) is 13.9. The molecule has 0 fully saturated rings. The first-order valence-electron chi connectivity index (χ1n) is 9.17. The van der Waals surface area contributed by atoms with Crippen LogP contribution in [-0.2, 0) is 13.7 Å². The van der Waals surface area contributed by atoms with Crippen molar-refractivity contribution in [3.8, 4) is 11.5 Å². The number of carbonyl (C=O) groups excluding carboxylic acids is 1. The van der Waals surface area contributed by atoms with Crippen LogP contribution in [0, 0.1) is 19.7 Å². The molecule has 0 spiro atoms. The smallest absolute Gasteiger partial charge is 0.189 e. The van der Waals surface area contributed by atoms with Gasteiger partial charge in [0.15, 0.2) is 17.3 Å². The Morgan fingerprint density at radius 3 is 2.59 bits per heavy atom. The highest BCUT2D eigenvalue weighted by Crippen LogP contribution is 2.24. The molecule has 2 aromatic carbocycles. The summed E-state index contributed by atoms with van der Waals surface area (Å²) in [6, 6.07) is 11.7. The number of allylic oxidation sites excluding steroid dienone is 1. The summed E-state index contributed by atoms with van der Waals surface area (Å²) < 4.78 is 26.4. The molecule has 3 aromatic rings. The Balaban J connectivity index is 1.80. The van der Waals surface area contributed by atoms with E-state index in [1.54, 1.807) is 42.1 Å². The van der Waals surface area contributed by atoms with Crippen LogP contribution < -0.4 is 9.47 Å². The largest absolute Gasteiger partial charge is 0.496 e. The van der Waals surface area contributed by atoms with Gasteiger partial charge in [0.2, 0.25) is 0 Å². The van der Waals surface area contributed by atoms with Gasteiger partial charge in [-0.1, -0.05) is 24.3 Å². The van der Waals surface area contributed by atoms with Crippen molar-refractivity contribution in [2.75, 3.05) is 7.11 Å². The molecule has 1 heterocycles. The van der Waals surface area contributed by atoms with E-state index in [0.717, 1.165) is 16.8 Å². The molecular formula is C23H23FN2O3. The van der Waals surface area contributed by atoms with Crippen molar-refractivity contribution >= 4 is 11.9 Å². The molecular weight excluding hydrogens is 371 g/mol. The number of halogens is 1. The van der Waals surface area contributed by atoms with Gasteiger partial charge in [-0.25, -0.2) is 4.39 Å². The summed E-state index contributed by atoms with van der Waals surface area (Å²) >= 11 is 0. The molecule has 0 saturated heterocycles. The highest BCUT2D eigenvalue weighted by molar-refractivity contribution is 6.08. The SMILES string of the molecule is COc1ccc(/C=C/C(=O)c2c(C)nn(C)c2C)cc1COc1ccccc1F. The molecule has 5 nitrogen and oxygen atoms in total. The normalized spacial score (nSPS) is 11.1. The van der Waals surface area contributed by atoms with Crippen molar-refractivity contribution in [1.82, 2.24) is 9.78 Å². The van der Waals surface area contributed by atoms with Gasteiger partial charge < -0.3 is 9.47 Å². The van der Waals surface area contributed by atoms with Gasteiger partial charge in [-0.3, -0.25) is 9.48 Å². The van der Waals surface area contributed by atoms with E-state index < -0.39 is 5.82 Å². The zero-order valence-corrected chi connectivity index (χ0v) is 16.9. The maximum atomic E-state index is 13.8. The van der Waals surface area contributed by atoms with E-state index in [-0.39, 0.29) is 18.1 Å². The number of nitrogens with zero attached hydrogens (tertiary/aromatic N) is 2. The van der Waals surface area contributed by atoms with Crippen LogP contribution in [-0.4, -0.2) is 22.7 Å². The molecule has 1 aromatic heterocycles. The Morgan fingerprint density at radius 1 is 1.17 bits per heavy atom. The lowest BCUT2D eigenvalue weighted by Crippen LogP contribution is -2.01. The first kappa shape index (κ1) is 20.3. The minimum absolute atomic E-state index is 0.104. The van der Waals surface area contributed by atoms with Crippen molar-refractivity contribution < 1.29 is 18.7 Å². The Kier molecular flexibility index (Phi) is 6.12. The van der Waals surface area contributed by atoms with Crippen molar-refractivity contribution in [3.63, 3.8) is 0 Å². The van der Waals surface area contributed by atoms with Gasteiger partial charge in [-0.2, -0.15) is 5.10 Å². The van der Waals surface area contributed by atoms with Crippen LogP contribution in [0.3, 0.4) is 0 Å². The Hall–Kier alpha value is -3.41. The third kappa shape index (κ3) is 4.54. The predicted molar refractivity (Wildman–Crippen MR) is 110 cm³/mol. The second-order valence-electron chi connectivity index (χ2n) is 6.66. The predicted octanol–water partition coefficient (Wildman–Crippen LogP) is 4.66. The molecule has 0 aliphatic carbocycles. The maximum Gasteiger partial charge on any atom is 0.189 e. The highest BCUT2D eigenvalue weighted by Gasteiger charge is 2.15. The number of benzene rings is 2. The Labute approximate surface area is 169 Å². The lowest BCUT2D eigenvalue weighted by Gasteiger charge is -2.11. The van der Waals surface area contributed by atoms with Crippen LogP contribution in [0.25, 0.3) is 6.08 Å². The molecule has 6 heteroatoms. The Morgan fingerprint density at radius 2 is 1.93 bits per heavy atom. The van der Waals surface area contributed by atoms with Crippen LogP contribution in [0.2, 0.25) is 0 Å². The monoisotopic (exact) mass is 394 g/mol. The summed E-state index contributed by atoms with van der Waals surface area (Å²) in [6.07, 6.45) is 3.26. The Bertz CT molecular complexity index is 1070. The maximum absolute atomic E-state index is 13.8. The van der Waals surface area contributed by atoms with Gasteiger partial charge >= 0.3 is 0 Å². The number of ether oxygens (including phenoxy) is 2. The van der Waals surface area contributed by atoms with E-state index in [2.05, 4.69) is 5.10 Å². The summed E-state index contributed by atoms with van der Waals surface area (Å²) in [5.41, 5.74) is 3.70. The molecule has 0 radical (unpaired) electrons. The lowest BCUT2D eigenvalue weighted by atomic mass is 10.1. The van der Waals surface area contributed by atoms with Crippen molar-refractivity contribution in [2.45, 2.75) is 20.5 Å². The highest BCUT2D eigenvalue weighted by atomic mass is 19.1. The van der Waals surface area contributed by atoms with E-state index in [9.17, 15) is 9.18 Å². The number of rotatable bonds is 7. The standard InChI is InChI=1S/C23H23FN2O3/c1-15-23(16(2)26(3)25-15)20(27)11-9-17-10-12-21(28-4)18(13-17)14-29-22-8-6-5-7-19(22)24/h5-13H,14H2,1-4H3/b11-9+. The van der Waals surface area contributed by atoms with Gasteiger partial charge in [0.05, 0.1) is 18.4 Å². The number of hydrogen-bond donors (Lipinski definition) is 0. The van der Waals surface area contributed by atoms with E-state index in [0.29, 0.717) is 17.0 Å². The lowest BCUT2D eigenvalue weighted by molar-refractivity contribution is 0.104. The molecule has 0 amide bonds. The fourth-order valence-electron chi connectivity index (χ4n) is 3.12. The van der Waals surface area contributed by atoms with Gasteiger partial charge in [0.1, 0.15) is 12.4 Å². The average molecular weight is 394 g/mol. The summed E-state index contributed by atoms with van der Waals surface area (Å²) in [5, 5.41) is 4.28. The van der Waals surface area contributed by atoms with Gasteiger partial charge in [-0.05, 0) is 49.8 Å².